The van der Waals surface area contributed by atoms with E-state index in [2.05, 4.69) is 26.1 Å². The molecule has 3 rings (SSSR count). The Kier molecular flexibility index (Phi) is 10.4. The Bertz CT molecular complexity index is 1090. The van der Waals surface area contributed by atoms with E-state index < -0.39 is 5.97 Å². The van der Waals surface area contributed by atoms with Gasteiger partial charge in [-0.1, -0.05) is 40.0 Å². The molecule has 0 heterocycles. The fourth-order valence-corrected chi connectivity index (χ4v) is 3.26. The van der Waals surface area contributed by atoms with Crippen LogP contribution in [0.25, 0.3) is 0 Å². The van der Waals surface area contributed by atoms with Crippen molar-refractivity contribution in [3.8, 4) is 17.2 Å². The number of unbranched alkanes of at least 4 members (excludes halogenated alkanes) is 2. The minimum atomic E-state index is -0.472. The highest BCUT2D eigenvalue weighted by molar-refractivity contribution is 6.04. The quantitative estimate of drug-likeness (QED) is 0.157. The first-order valence-corrected chi connectivity index (χ1v) is 12.6. The number of benzene rings is 3. The fraction of sp³-hybridized carbons (Fsp3) is 0.333. The molecule has 0 saturated carbocycles. The second-order valence-electron chi connectivity index (χ2n) is 8.80. The Morgan fingerprint density at radius 1 is 0.750 bits per heavy atom. The van der Waals surface area contributed by atoms with E-state index in [0.717, 1.165) is 37.2 Å². The number of amides is 1. The molecule has 0 aromatic heterocycles. The SMILES string of the molecule is CCCCCOc1ccc(C(=O)Oc2ccc(C(=O)Nc3ccc(OCC(C)CC)cc3)cc2)cc1. The van der Waals surface area contributed by atoms with Crippen LogP contribution in [0.4, 0.5) is 5.69 Å². The third-order valence-electron chi connectivity index (χ3n) is 5.78. The van der Waals surface area contributed by atoms with Crippen molar-refractivity contribution < 1.29 is 23.8 Å². The number of hydrogen-bond donors (Lipinski definition) is 1. The van der Waals surface area contributed by atoms with Gasteiger partial charge in [0, 0.05) is 11.3 Å². The van der Waals surface area contributed by atoms with Crippen LogP contribution in [0.5, 0.6) is 17.2 Å². The zero-order valence-corrected chi connectivity index (χ0v) is 21.3. The van der Waals surface area contributed by atoms with Crippen molar-refractivity contribution in [1.82, 2.24) is 0 Å². The monoisotopic (exact) mass is 489 g/mol. The lowest BCUT2D eigenvalue weighted by Crippen LogP contribution is -2.12. The fourth-order valence-electron chi connectivity index (χ4n) is 3.26. The number of carbonyl (C=O) groups excluding carboxylic acids is 2. The van der Waals surface area contributed by atoms with E-state index in [9.17, 15) is 9.59 Å². The van der Waals surface area contributed by atoms with Crippen molar-refractivity contribution in [1.29, 1.82) is 0 Å². The van der Waals surface area contributed by atoms with E-state index in [1.165, 1.54) is 0 Å². The minimum Gasteiger partial charge on any atom is -0.494 e. The van der Waals surface area contributed by atoms with Crippen LogP contribution in [-0.2, 0) is 0 Å². The van der Waals surface area contributed by atoms with Gasteiger partial charge in [0.2, 0.25) is 0 Å². The van der Waals surface area contributed by atoms with Crippen LogP contribution in [0.3, 0.4) is 0 Å². The Balaban J connectivity index is 1.49. The van der Waals surface area contributed by atoms with Gasteiger partial charge in [0.25, 0.3) is 5.91 Å². The predicted molar refractivity (Wildman–Crippen MR) is 142 cm³/mol. The number of carbonyl (C=O) groups is 2. The van der Waals surface area contributed by atoms with Gasteiger partial charge in [-0.15, -0.1) is 0 Å². The first-order valence-electron chi connectivity index (χ1n) is 12.6. The highest BCUT2D eigenvalue weighted by atomic mass is 16.5. The maximum Gasteiger partial charge on any atom is 0.343 e. The molecule has 0 aliphatic heterocycles. The molecule has 36 heavy (non-hydrogen) atoms. The van der Waals surface area contributed by atoms with Gasteiger partial charge in [-0.2, -0.15) is 0 Å². The van der Waals surface area contributed by atoms with Crippen LogP contribution < -0.4 is 19.5 Å². The number of ether oxygens (including phenoxy) is 3. The normalized spacial score (nSPS) is 11.4. The van der Waals surface area contributed by atoms with Crippen LogP contribution in [-0.4, -0.2) is 25.1 Å². The average Bonchev–Trinajstić information content (AvgIpc) is 2.91. The van der Waals surface area contributed by atoms with Gasteiger partial charge >= 0.3 is 5.97 Å². The third kappa shape index (κ3) is 8.45. The summed E-state index contributed by atoms with van der Waals surface area (Å²) in [6.07, 6.45) is 4.34. The smallest absolute Gasteiger partial charge is 0.343 e. The van der Waals surface area contributed by atoms with Crippen LogP contribution in [0, 0.1) is 5.92 Å². The summed E-state index contributed by atoms with van der Waals surface area (Å²) >= 11 is 0. The molecule has 6 heteroatoms. The molecule has 0 radical (unpaired) electrons. The highest BCUT2D eigenvalue weighted by Gasteiger charge is 2.11. The molecule has 1 N–H and O–H groups in total. The Hall–Kier alpha value is -3.80. The molecule has 1 amide bonds. The lowest BCUT2D eigenvalue weighted by Gasteiger charge is -2.12. The maximum atomic E-state index is 12.6. The topological polar surface area (TPSA) is 73.9 Å². The van der Waals surface area contributed by atoms with Crippen molar-refractivity contribution in [2.45, 2.75) is 46.5 Å². The largest absolute Gasteiger partial charge is 0.494 e. The summed E-state index contributed by atoms with van der Waals surface area (Å²) in [5.74, 6) is 1.63. The Labute approximate surface area is 213 Å². The van der Waals surface area contributed by atoms with Crippen molar-refractivity contribution in [2.24, 2.45) is 5.92 Å². The molecule has 0 saturated heterocycles. The molecule has 190 valence electrons. The van der Waals surface area contributed by atoms with Crippen LogP contribution >= 0.6 is 0 Å². The van der Waals surface area contributed by atoms with E-state index in [1.54, 1.807) is 48.5 Å². The van der Waals surface area contributed by atoms with Crippen molar-refractivity contribution in [2.75, 3.05) is 18.5 Å². The standard InChI is InChI=1S/C30H35NO5/c1-4-6-7-20-34-26-14-10-24(11-15-26)30(33)36-28-16-8-23(9-17-28)29(32)31-25-12-18-27(19-13-25)35-21-22(3)5-2/h8-19,22H,4-7,20-21H2,1-3H3,(H,31,32). The molecule has 1 atom stereocenters. The van der Waals surface area contributed by atoms with Crippen molar-refractivity contribution in [3.05, 3.63) is 83.9 Å². The van der Waals surface area contributed by atoms with Crippen LogP contribution in [0.1, 0.15) is 67.2 Å². The third-order valence-corrected chi connectivity index (χ3v) is 5.78. The zero-order chi connectivity index (χ0) is 25.8. The second kappa shape index (κ2) is 13.9. The number of rotatable bonds is 13. The number of nitrogens with one attached hydrogen (secondary N) is 1. The zero-order valence-electron chi connectivity index (χ0n) is 21.3. The van der Waals surface area contributed by atoms with E-state index in [0.29, 0.717) is 41.7 Å². The molecule has 3 aromatic carbocycles. The second-order valence-corrected chi connectivity index (χ2v) is 8.80. The molecular weight excluding hydrogens is 454 g/mol. The highest BCUT2D eigenvalue weighted by Crippen LogP contribution is 2.20. The van der Waals surface area contributed by atoms with Crippen LogP contribution in [0.15, 0.2) is 72.8 Å². The van der Waals surface area contributed by atoms with E-state index in [4.69, 9.17) is 14.2 Å². The van der Waals surface area contributed by atoms with Gasteiger partial charge < -0.3 is 19.5 Å². The Morgan fingerprint density at radius 2 is 1.33 bits per heavy atom. The molecule has 0 spiro atoms. The number of anilines is 1. The maximum absolute atomic E-state index is 12.6. The first-order chi connectivity index (χ1) is 17.5. The van der Waals surface area contributed by atoms with Crippen molar-refractivity contribution in [3.63, 3.8) is 0 Å². The van der Waals surface area contributed by atoms with E-state index in [-0.39, 0.29) is 5.91 Å². The number of esters is 1. The summed E-state index contributed by atoms with van der Waals surface area (Å²) in [7, 11) is 0. The Morgan fingerprint density at radius 3 is 1.97 bits per heavy atom. The van der Waals surface area contributed by atoms with Gasteiger partial charge in [0.15, 0.2) is 0 Å². The molecule has 0 aliphatic rings. The lowest BCUT2D eigenvalue weighted by molar-refractivity contribution is 0.0734. The summed E-state index contributed by atoms with van der Waals surface area (Å²) in [4.78, 5) is 25.0. The van der Waals surface area contributed by atoms with Gasteiger partial charge in [-0.05, 0) is 85.1 Å². The molecular formula is C30H35NO5. The lowest BCUT2D eigenvalue weighted by atomic mass is 10.1. The van der Waals surface area contributed by atoms with Gasteiger partial charge in [-0.25, -0.2) is 4.79 Å². The summed E-state index contributed by atoms with van der Waals surface area (Å²) in [6, 6.07) is 20.6. The summed E-state index contributed by atoms with van der Waals surface area (Å²) in [5, 5.41) is 2.86. The molecule has 0 aliphatic carbocycles. The molecule has 3 aromatic rings. The van der Waals surface area contributed by atoms with Gasteiger partial charge in [0.1, 0.15) is 17.2 Å². The molecule has 0 fully saturated rings. The van der Waals surface area contributed by atoms with Crippen molar-refractivity contribution >= 4 is 17.6 Å². The van der Waals surface area contributed by atoms with Crippen LogP contribution in [0.2, 0.25) is 0 Å². The van der Waals surface area contributed by atoms with E-state index >= 15 is 0 Å². The summed E-state index contributed by atoms with van der Waals surface area (Å²) < 4.78 is 16.9. The van der Waals surface area contributed by atoms with Gasteiger partial charge in [0.05, 0.1) is 18.8 Å². The molecule has 0 bridgehead atoms. The molecule has 6 nitrogen and oxygen atoms in total. The minimum absolute atomic E-state index is 0.254. The van der Waals surface area contributed by atoms with Gasteiger partial charge in [-0.3, -0.25) is 4.79 Å². The average molecular weight is 490 g/mol. The molecule has 1 unspecified atom stereocenters. The first kappa shape index (κ1) is 26.8. The summed E-state index contributed by atoms with van der Waals surface area (Å²) in [6.45, 7) is 7.75. The number of hydrogen-bond acceptors (Lipinski definition) is 5. The van der Waals surface area contributed by atoms with E-state index in [1.807, 2.05) is 24.3 Å². The summed E-state index contributed by atoms with van der Waals surface area (Å²) in [5.41, 5.74) is 1.55. The predicted octanol–water partition coefficient (Wildman–Crippen LogP) is 7.15.